The van der Waals surface area contributed by atoms with Crippen LogP contribution in [-0.2, 0) is 11.2 Å². The molecule has 4 rings (SSSR count). The van der Waals surface area contributed by atoms with Gasteiger partial charge in [0.2, 0.25) is 5.91 Å². The van der Waals surface area contributed by atoms with E-state index in [-0.39, 0.29) is 5.91 Å². The Kier molecular flexibility index (Phi) is 6.64. The fourth-order valence-electron chi connectivity index (χ4n) is 4.07. The van der Waals surface area contributed by atoms with Crippen LogP contribution in [0.3, 0.4) is 0 Å². The quantitative estimate of drug-likeness (QED) is 0.569. The summed E-state index contributed by atoms with van der Waals surface area (Å²) >= 11 is 0. The molecule has 0 unspecified atom stereocenters. The number of aryl methyl sites for hydroxylation is 3. The van der Waals surface area contributed by atoms with Crippen molar-refractivity contribution >= 4 is 17.8 Å². The molecule has 1 fully saturated rings. The molecule has 1 aromatic heterocycles. The highest BCUT2D eigenvalue weighted by Crippen LogP contribution is 2.25. The van der Waals surface area contributed by atoms with E-state index in [1.54, 1.807) is 6.08 Å². The molecule has 1 aliphatic rings. The van der Waals surface area contributed by atoms with Gasteiger partial charge in [-0.05, 0) is 38.0 Å². The summed E-state index contributed by atoms with van der Waals surface area (Å²) in [7, 11) is 0. The van der Waals surface area contributed by atoms with Crippen molar-refractivity contribution in [2.45, 2.75) is 27.2 Å². The third kappa shape index (κ3) is 5.22. The first kappa shape index (κ1) is 21.8. The van der Waals surface area contributed by atoms with E-state index in [1.807, 2.05) is 48.2 Å². The zero-order valence-electron chi connectivity index (χ0n) is 19.1. The van der Waals surface area contributed by atoms with Gasteiger partial charge in [-0.1, -0.05) is 60.2 Å². The Balaban J connectivity index is 1.46. The summed E-state index contributed by atoms with van der Waals surface area (Å²) in [5, 5.41) is 0. The van der Waals surface area contributed by atoms with E-state index in [1.165, 1.54) is 16.7 Å². The minimum absolute atomic E-state index is 0.0587. The Morgan fingerprint density at radius 1 is 0.906 bits per heavy atom. The molecule has 32 heavy (non-hydrogen) atoms. The SMILES string of the molecule is Cc1ccc(Cc2c(C)nc(C)nc2N2CCN(C(=O)C=Cc3ccccc3)CC2)cc1. The molecule has 164 valence electrons. The second-order valence-electron chi connectivity index (χ2n) is 8.38. The van der Waals surface area contributed by atoms with Crippen molar-refractivity contribution in [3.63, 3.8) is 0 Å². The largest absolute Gasteiger partial charge is 0.353 e. The highest BCUT2D eigenvalue weighted by atomic mass is 16.2. The lowest BCUT2D eigenvalue weighted by Gasteiger charge is -2.36. The first-order chi connectivity index (χ1) is 15.5. The molecule has 0 atom stereocenters. The van der Waals surface area contributed by atoms with Crippen LogP contribution in [0, 0.1) is 20.8 Å². The molecule has 0 radical (unpaired) electrons. The molecule has 3 aromatic rings. The molecule has 0 saturated carbocycles. The second-order valence-corrected chi connectivity index (χ2v) is 8.38. The summed E-state index contributed by atoms with van der Waals surface area (Å²) in [5.41, 5.74) is 5.74. The van der Waals surface area contributed by atoms with Crippen molar-refractivity contribution in [3.05, 3.63) is 94.4 Å². The number of piperazine rings is 1. The van der Waals surface area contributed by atoms with E-state index in [0.29, 0.717) is 13.1 Å². The van der Waals surface area contributed by atoms with Crippen LogP contribution in [0.4, 0.5) is 5.82 Å². The van der Waals surface area contributed by atoms with E-state index in [4.69, 9.17) is 4.98 Å². The lowest BCUT2D eigenvalue weighted by Crippen LogP contribution is -2.49. The van der Waals surface area contributed by atoms with Crippen LogP contribution in [0.15, 0.2) is 60.7 Å². The molecular formula is C27H30N4O. The number of aromatic nitrogens is 2. The van der Waals surface area contributed by atoms with E-state index in [2.05, 4.69) is 48.0 Å². The molecule has 0 aliphatic carbocycles. The average Bonchev–Trinajstić information content (AvgIpc) is 2.81. The Bertz CT molecular complexity index is 1100. The zero-order valence-corrected chi connectivity index (χ0v) is 19.1. The molecule has 1 aliphatic heterocycles. The van der Waals surface area contributed by atoms with Gasteiger partial charge in [-0.2, -0.15) is 0 Å². The number of nitrogens with zero attached hydrogens (tertiary/aromatic N) is 4. The van der Waals surface area contributed by atoms with Crippen molar-refractivity contribution in [1.82, 2.24) is 14.9 Å². The summed E-state index contributed by atoms with van der Waals surface area (Å²) < 4.78 is 0. The predicted octanol–water partition coefficient (Wildman–Crippen LogP) is 4.35. The zero-order chi connectivity index (χ0) is 22.5. The second kappa shape index (κ2) is 9.77. The van der Waals surface area contributed by atoms with Gasteiger partial charge < -0.3 is 9.80 Å². The number of hydrogen-bond acceptors (Lipinski definition) is 4. The molecule has 0 spiro atoms. The molecular weight excluding hydrogens is 396 g/mol. The van der Waals surface area contributed by atoms with E-state index in [9.17, 15) is 4.79 Å². The summed E-state index contributed by atoms with van der Waals surface area (Å²) in [6.45, 7) is 9.01. The maximum atomic E-state index is 12.7. The smallest absolute Gasteiger partial charge is 0.246 e. The first-order valence-corrected chi connectivity index (χ1v) is 11.2. The number of benzene rings is 2. The fraction of sp³-hybridized carbons (Fsp3) is 0.296. The standard InChI is InChI=1S/C27H30N4O/c1-20-9-11-24(12-10-20)19-25-21(2)28-22(3)29-27(25)31-17-15-30(16-18-31)26(32)14-13-23-7-5-4-6-8-23/h4-14H,15-19H2,1-3H3. The maximum absolute atomic E-state index is 12.7. The van der Waals surface area contributed by atoms with Gasteiger partial charge in [0.15, 0.2) is 0 Å². The van der Waals surface area contributed by atoms with Crippen LogP contribution in [-0.4, -0.2) is 47.0 Å². The molecule has 2 aromatic carbocycles. The molecule has 0 bridgehead atoms. The van der Waals surface area contributed by atoms with Crippen molar-refractivity contribution < 1.29 is 4.79 Å². The van der Waals surface area contributed by atoms with Gasteiger partial charge in [-0.3, -0.25) is 4.79 Å². The normalized spacial score (nSPS) is 14.2. The van der Waals surface area contributed by atoms with Crippen LogP contribution < -0.4 is 4.90 Å². The molecule has 2 heterocycles. The van der Waals surface area contributed by atoms with Gasteiger partial charge in [0.1, 0.15) is 11.6 Å². The highest BCUT2D eigenvalue weighted by Gasteiger charge is 2.24. The monoisotopic (exact) mass is 426 g/mol. The van der Waals surface area contributed by atoms with Crippen molar-refractivity contribution in [2.24, 2.45) is 0 Å². The van der Waals surface area contributed by atoms with Crippen LogP contribution >= 0.6 is 0 Å². The average molecular weight is 427 g/mol. The minimum Gasteiger partial charge on any atom is -0.353 e. The number of rotatable bonds is 5. The number of hydrogen-bond donors (Lipinski definition) is 0. The van der Waals surface area contributed by atoms with Crippen molar-refractivity contribution in [2.75, 3.05) is 31.1 Å². The fourth-order valence-corrected chi connectivity index (χ4v) is 4.07. The molecule has 1 amide bonds. The number of anilines is 1. The number of carbonyl (C=O) groups is 1. The van der Waals surface area contributed by atoms with Gasteiger partial charge in [-0.15, -0.1) is 0 Å². The van der Waals surface area contributed by atoms with Gasteiger partial charge in [0, 0.05) is 49.9 Å². The van der Waals surface area contributed by atoms with Crippen LogP contribution in [0.5, 0.6) is 0 Å². The van der Waals surface area contributed by atoms with Crippen LogP contribution in [0.1, 0.15) is 33.8 Å². The number of carbonyl (C=O) groups excluding carboxylic acids is 1. The number of amides is 1. The van der Waals surface area contributed by atoms with Gasteiger partial charge in [0.25, 0.3) is 0 Å². The molecule has 1 saturated heterocycles. The Morgan fingerprint density at radius 2 is 1.59 bits per heavy atom. The Labute approximate surface area is 190 Å². The highest BCUT2D eigenvalue weighted by molar-refractivity contribution is 5.92. The third-order valence-electron chi connectivity index (χ3n) is 5.91. The Hall–Kier alpha value is -3.47. The summed E-state index contributed by atoms with van der Waals surface area (Å²) in [5.74, 6) is 1.85. The lowest BCUT2D eigenvalue weighted by atomic mass is 10.0. The summed E-state index contributed by atoms with van der Waals surface area (Å²) in [6, 6.07) is 18.6. The topological polar surface area (TPSA) is 49.3 Å². The van der Waals surface area contributed by atoms with E-state index < -0.39 is 0 Å². The summed E-state index contributed by atoms with van der Waals surface area (Å²) in [4.78, 5) is 26.3. The first-order valence-electron chi connectivity index (χ1n) is 11.2. The summed E-state index contributed by atoms with van der Waals surface area (Å²) in [6.07, 6.45) is 4.36. The minimum atomic E-state index is 0.0587. The van der Waals surface area contributed by atoms with Crippen molar-refractivity contribution in [3.8, 4) is 0 Å². The van der Waals surface area contributed by atoms with Gasteiger partial charge in [0.05, 0.1) is 0 Å². The molecule has 0 N–H and O–H groups in total. The van der Waals surface area contributed by atoms with Crippen molar-refractivity contribution in [1.29, 1.82) is 0 Å². The lowest BCUT2D eigenvalue weighted by molar-refractivity contribution is -0.126. The Morgan fingerprint density at radius 3 is 2.28 bits per heavy atom. The van der Waals surface area contributed by atoms with Gasteiger partial charge >= 0.3 is 0 Å². The molecule has 5 heteroatoms. The van der Waals surface area contributed by atoms with E-state index >= 15 is 0 Å². The third-order valence-corrected chi connectivity index (χ3v) is 5.91. The van der Waals surface area contributed by atoms with E-state index in [0.717, 1.165) is 42.4 Å². The molecule has 5 nitrogen and oxygen atoms in total. The van der Waals surface area contributed by atoms with Gasteiger partial charge in [-0.25, -0.2) is 9.97 Å². The van der Waals surface area contributed by atoms with Crippen LogP contribution in [0.25, 0.3) is 6.08 Å². The van der Waals surface area contributed by atoms with Crippen LogP contribution in [0.2, 0.25) is 0 Å². The maximum Gasteiger partial charge on any atom is 0.246 e. The predicted molar refractivity (Wildman–Crippen MR) is 130 cm³/mol.